The quantitative estimate of drug-likeness (QED) is 0.785. The van der Waals surface area contributed by atoms with Gasteiger partial charge in [0.1, 0.15) is 0 Å². The third-order valence-corrected chi connectivity index (χ3v) is 4.48. The summed E-state index contributed by atoms with van der Waals surface area (Å²) in [5.74, 6) is 0. The van der Waals surface area contributed by atoms with Crippen LogP contribution in [0.15, 0.2) is 36.7 Å². The van der Waals surface area contributed by atoms with Gasteiger partial charge in [-0.2, -0.15) is 0 Å². The lowest BCUT2D eigenvalue weighted by Gasteiger charge is -2.17. The molecule has 3 aromatic rings. The van der Waals surface area contributed by atoms with Crippen molar-refractivity contribution < 1.29 is 0 Å². The first-order valence-electron chi connectivity index (χ1n) is 7.16. The Morgan fingerprint density at radius 3 is 3.00 bits per heavy atom. The summed E-state index contributed by atoms with van der Waals surface area (Å²) in [6.45, 7) is 2.17. The highest BCUT2D eigenvalue weighted by Gasteiger charge is 2.21. The second kappa shape index (κ2) is 6.28. The summed E-state index contributed by atoms with van der Waals surface area (Å²) in [5.41, 5.74) is 2.33. The zero-order valence-corrected chi connectivity index (χ0v) is 13.0. The SMILES string of the molecule is CCCc1nnsc1C(NC)c1cccc2ccncc12. The molecule has 5 heteroatoms. The lowest BCUT2D eigenvalue weighted by Crippen LogP contribution is -2.18. The smallest absolute Gasteiger partial charge is 0.0807 e. The van der Waals surface area contributed by atoms with Gasteiger partial charge in [0, 0.05) is 17.8 Å². The van der Waals surface area contributed by atoms with Crippen molar-refractivity contribution in [2.24, 2.45) is 0 Å². The molecule has 0 radical (unpaired) electrons. The number of nitrogens with zero attached hydrogens (tertiary/aromatic N) is 3. The van der Waals surface area contributed by atoms with E-state index >= 15 is 0 Å². The Kier molecular flexibility index (Phi) is 4.22. The normalized spacial score (nSPS) is 12.7. The molecular weight excluding hydrogens is 280 g/mol. The summed E-state index contributed by atoms with van der Waals surface area (Å²) in [6.07, 6.45) is 5.80. The number of nitrogens with one attached hydrogen (secondary N) is 1. The Balaban J connectivity index is 2.12. The van der Waals surface area contributed by atoms with Gasteiger partial charge in [-0.15, -0.1) is 5.10 Å². The molecule has 0 aliphatic carbocycles. The van der Waals surface area contributed by atoms with Gasteiger partial charge in [-0.3, -0.25) is 4.98 Å². The van der Waals surface area contributed by atoms with E-state index in [0.717, 1.165) is 18.5 Å². The van der Waals surface area contributed by atoms with Crippen LogP contribution in [0.4, 0.5) is 0 Å². The molecule has 21 heavy (non-hydrogen) atoms. The fraction of sp³-hybridized carbons (Fsp3) is 0.312. The van der Waals surface area contributed by atoms with Crippen LogP contribution in [0.5, 0.6) is 0 Å². The number of aromatic nitrogens is 3. The van der Waals surface area contributed by atoms with Gasteiger partial charge in [-0.25, -0.2) is 0 Å². The molecule has 1 atom stereocenters. The number of benzene rings is 1. The standard InChI is InChI=1S/C16H18N4S/c1-3-5-14-16(21-20-19-14)15(17-2)12-7-4-6-11-8-9-18-10-13(11)12/h4,6-10,15,17H,3,5H2,1-2H3. The zero-order chi connectivity index (χ0) is 14.7. The molecule has 2 heterocycles. The van der Waals surface area contributed by atoms with Gasteiger partial charge in [0.15, 0.2) is 0 Å². The highest BCUT2D eigenvalue weighted by Crippen LogP contribution is 2.31. The Morgan fingerprint density at radius 1 is 1.29 bits per heavy atom. The summed E-state index contributed by atoms with van der Waals surface area (Å²) >= 11 is 1.48. The minimum absolute atomic E-state index is 0.111. The van der Waals surface area contributed by atoms with Gasteiger partial charge >= 0.3 is 0 Å². The number of rotatable bonds is 5. The van der Waals surface area contributed by atoms with Crippen LogP contribution in [0.3, 0.4) is 0 Å². The molecule has 0 amide bonds. The van der Waals surface area contributed by atoms with E-state index in [9.17, 15) is 0 Å². The zero-order valence-electron chi connectivity index (χ0n) is 12.2. The van der Waals surface area contributed by atoms with E-state index in [1.807, 2.05) is 25.5 Å². The van der Waals surface area contributed by atoms with Gasteiger partial charge in [0.05, 0.1) is 16.6 Å². The average Bonchev–Trinajstić information content (AvgIpc) is 2.97. The van der Waals surface area contributed by atoms with Crippen molar-refractivity contribution >= 4 is 22.3 Å². The number of aryl methyl sites for hydroxylation is 1. The Hall–Kier alpha value is -1.85. The first-order valence-corrected chi connectivity index (χ1v) is 7.93. The molecule has 108 valence electrons. The number of hydrogen-bond donors (Lipinski definition) is 1. The van der Waals surface area contributed by atoms with Crippen LogP contribution in [0.25, 0.3) is 10.8 Å². The molecule has 0 aliphatic rings. The summed E-state index contributed by atoms with van der Waals surface area (Å²) in [5, 5.41) is 10.1. The van der Waals surface area contributed by atoms with Gasteiger partial charge in [-0.1, -0.05) is 36.0 Å². The van der Waals surface area contributed by atoms with Crippen molar-refractivity contribution in [2.75, 3.05) is 7.05 Å². The first-order chi connectivity index (χ1) is 10.3. The van der Waals surface area contributed by atoms with Crippen molar-refractivity contribution in [1.82, 2.24) is 19.9 Å². The Labute approximate surface area is 128 Å². The molecule has 1 N–H and O–H groups in total. The third-order valence-electron chi connectivity index (χ3n) is 3.65. The molecule has 0 aliphatic heterocycles. The fourth-order valence-electron chi connectivity index (χ4n) is 2.66. The predicted octanol–water partition coefficient (Wildman–Crippen LogP) is 3.35. The van der Waals surface area contributed by atoms with E-state index in [2.05, 4.69) is 45.0 Å². The van der Waals surface area contributed by atoms with Gasteiger partial charge in [0.2, 0.25) is 0 Å². The highest BCUT2D eigenvalue weighted by atomic mass is 32.1. The molecule has 3 rings (SSSR count). The Morgan fingerprint density at radius 2 is 2.19 bits per heavy atom. The molecule has 1 aromatic carbocycles. The third kappa shape index (κ3) is 2.66. The second-order valence-electron chi connectivity index (χ2n) is 5.00. The molecule has 0 spiro atoms. The molecular formula is C16H18N4S. The molecule has 4 nitrogen and oxygen atoms in total. The summed E-state index contributed by atoms with van der Waals surface area (Å²) in [7, 11) is 1.98. The van der Waals surface area contributed by atoms with Crippen molar-refractivity contribution in [3.63, 3.8) is 0 Å². The topological polar surface area (TPSA) is 50.7 Å². The van der Waals surface area contributed by atoms with Crippen molar-refractivity contribution in [3.8, 4) is 0 Å². The van der Waals surface area contributed by atoms with Crippen molar-refractivity contribution in [2.45, 2.75) is 25.8 Å². The lowest BCUT2D eigenvalue weighted by atomic mass is 9.98. The maximum absolute atomic E-state index is 4.29. The predicted molar refractivity (Wildman–Crippen MR) is 86.5 cm³/mol. The summed E-state index contributed by atoms with van der Waals surface area (Å²) < 4.78 is 4.15. The molecule has 0 saturated heterocycles. The van der Waals surface area contributed by atoms with Gasteiger partial charge in [0.25, 0.3) is 0 Å². The molecule has 0 fully saturated rings. The van der Waals surface area contributed by atoms with Crippen LogP contribution in [0, 0.1) is 0 Å². The molecule has 0 saturated carbocycles. The van der Waals surface area contributed by atoms with Crippen molar-refractivity contribution in [1.29, 1.82) is 0 Å². The van der Waals surface area contributed by atoms with Gasteiger partial charge < -0.3 is 5.32 Å². The lowest BCUT2D eigenvalue weighted by molar-refractivity contribution is 0.693. The van der Waals surface area contributed by atoms with Crippen molar-refractivity contribution in [3.05, 3.63) is 52.8 Å². The number of fused-ring (bicyclic) bond motifs is 1. The monoisotopic (exact) mass is 298 g/mol. The first kappa shape index (κ1) is 14.1. The van der Waals surface area contributed by atoms with Crippen LogP contribution in [0.1, 0.15) is 35.5 Å². The fourth-order valence-corrected chi connectivity index (χ4v) is 3.49. The van der Waals surface area contributed by atoms with Crippen LogP contribution in [-0.4, -0.2) is 21.6 Å². The average molecular weight is 298 g/mol. The van der Waals surface area contributed by atoms with Crippen LogP contribution in [0.2, 0.25) is 0 Å². The van der Waals surface area contributed by atoms with E-state index in [1.165, 1.54) is 32.7 Å². The summed E-state index contributed by atoms with van der Waals surface area (Å²) in [4.78, 5) is 5.48. The minimum Gasteiger partial charge on any atom is -0.309 e. The van der Waals surface area contributed by atoms with E-state index in [4.69, 9.17) is 0 Å². The van der Waals surface area contributed by atoms with Gasteiger partial charge in [-0.05, 0) is 42.0 Å². The number of pyridine rings is 1. The maximum atomic E-state index is 4.29. The Bertz CT molecular complexity index is 732. The van der Waals surface area contributed by atoms with E-state index < -0.39 is 0 Å². The molecule has 1 unspecified atom stereocenters. The van der Waals surface area contributed by atoms with E-state index in [-0.39, 0.29) is 6.04 Å². The number of hydrogen-bond acceptors (Lipinski definition) is 5. The maximum Gasteiger partial charge on any atom is 0.0807 e. The minimum atomic E-state index is 0.111. The summed E-state index contributed by atoms with van der Waals surface area (Å²) in [6, 6.07) is 8.52. The van der Waals surface area contributed by atoms with Crippen LogP contribution < -0.4 is 5.32 Å². The van der Waals surface area contributed by atoms with Crippen LogP contribution in [-0.2, 0) is 6.42 Å². The molecule has 0 bridgehead atoms. The van der Waals surface area contributed by atoms with E-state index in [1.54, 1.807) is 0 Å². The second-order valence-corrected chi connectivity index (χ2v) is 5.79. The van der Waals surface area contributed by atoms with Crippen LogP contribution >= 0.6 is 11.5 Å². The van der Waals surface area contributed by atoms with E-state index in [0.29, 0.717) is 0 Å². The molecule has 2 aromatic heterocycles. The largest absolute Gasteiger partial charge is 0.309 e. The highest BCUT2D eigenvalue weighted by molar-refractivity contribution is 7.05.